The number of hydrogen-bond donors (Lipinski definition) is 1. The Kier molecular flexibility index (Phi) is 3.80. The van der Waals surface area contributed by atoms with Gasteiger partial charge in [-0.3, -0.25) is 0 Å². The van der Waals surface area contributed by atoms with Crippen LogP contribution in [-0.2, 0) is 4.74 Å². The predicted octanol–water partition coefficient (Wildman–Crippen LogP) is 4.16. The number of aliphatic hydroxyl groups is 1. The summed E-state index contributed by atoms with van der Waals surface area (Å²) in [6, 6.07) is 0. The fourth-order valence-corrected chi connectivity index (χ4v) is 4.28. The summed E-state index contributed by atoms with van der Waals surface area (Å²) >= 11 is 0. The first-order valence-corrected chi connectivity index (χ1v) is 8.26. The smallest absolute Gasteiger partial charge is 0.341 e. The summed E-state index contributed by atoms with van der Waals surface area (Å²) in [5, 5.41) is 9.86. The molecule has 0 unspecified atom stereocenters. The average molecular weight is 324 g/mol. The maximum Gasteiger partial charge on any atom is 0.341 e. The molecule has 2 nitrogen and oxygen atoms in total. The summed E-state index contributed by atoms with van der Waals surface area (Å²) in [6.07, 6.45) is 2.84. The van der Waals surface area contributed by atoms with Gasteiger partial charge < -0.3 is 9.84 Å². The molecule has 4 rings (SSSR count). The molecule has 0 aromatic rings. The average Bonchev–Trinajstić information content (AvgIpc) is 2.47. The molecule has 4 fully saturated rings. The Morgan fingerprint density at radius 3 is 2.00 bits per heavy atom. The van der Waals surface area contributed by atoms with Gasteiger partial charge in [-0.15, -0.1) is 0 Å². The van der Waals surface area contributed by atoms with Crippen molar-refractivity contribution in [2.75, 3.05) is 6.61 Å². The molecule has 128 valence electrons. The largest absolute Gasteiger partial charge is 0.383 e. The minimum atomic E-state index is -4.42. The molecule has 0 spiro atoms. The summed E-state index contributed by atoms with van der Waals surface area (Å²) in [4.78, 5) is 0. The number of rotatable bonds is 3. The van der Waals surface area contributed by atoms with E-state index in [-0.39, 0.29) is 38.2 Å². The third-order valence-corrected chi connectivity index (χ3v) is 6.17. The van der Waals surface area contributed by atoms with Gasteiger partial charge in [0.25, 0.3) is 0 Å². The monoisotopic (exact) mass is 324 g/mol. The molecule has 0 aromatic heterocycles. The molecule has 0 aromatic carbocycles. The van der Waals surface area contributed by atoms with Gasteiger partial charge in [-0.2, -0.15) is 17.6 Å². The minimum Gasteiger partial charge on any atom is -0.383 e. The lowest BCUT2D eigenvalue weighted by atomic mass is 9.60. The Labute approximate surface area is 128 Å². The SMILES string of the molecule is CC1CCC(COC23CCC(O)(CC2)C(F)(F)C3(F)F)CC1. The summed E-state index contributed by atoms with van der Waals surface area (Å²) in [6.45, 7) is 2.28. The first kappa shape index (κ1) is 16.5. The zero-order valence-corrected chi connectivity index (χ0v) is 12.9. The van der Waals surface area contributed by atoms with Crippen molar-refractivity contribution in [3.8, 4) is 0 Å². The van der Waals surface area contributed by atoms with Crippen molar-refractivity contribution in [1.29, 1.82) is 0 Å². The van der Waals surface area contributed by atoms with E-state index < -0.39 is 23.0 Å². The summed E-state index contributed by atoms with van der Waals surface area (Å²) in [5.41, 5.74) is -4.69. The highest BCUT2D eigenvalue weighted by atomic mass is 19.3. The van der Waals surface area contributed by atoms with E-state index in [1.165, 1.54) is 0 Å². The van der Waals surface area contributed by atoms with Crippen LogP contribution in [0.4, 0.5) is 17.6 Å². The fourth-order valence-electron chi connectivity index (χ4n) is 4.28. The maximum atomic E-state index is 14.4. The molecule has 0 amide bonds. The Morgan fingerprint density at radius 2 is 1.45 bits per heavy atom. The molecule has 22 heavy (non-hydrogen) atoms. The van der Waals surface area contributed by atoms with Crippen molar-refractivity contribution >= 4 is 0 Å². The standard InChI is InChI=1S/C16H24F4O2/c1-11-2-4-12(5-3-11)10-22-14-8-6-13(21,7-9-14)15(17,18)16(14,19)20/h11-12,21H,2-10H2,1H3. The molecule has 1 N–H and O–H groups in total. The van der Waals surface area contributed by atoms with Gasteiger partial charge in [0.1, 0.15) is 11.2 Å². The first-order valence-electron chi connectivity index (χ1n) is 8.26. The lowest BCUT2D eigenvalue weighted by Gasteiger charge is -2.58. The Morgan fingerprint density at radius 1 is 0.909 bits per heavy atom. The number of ether oxygens (including phenoxy) is 1. The molecule has 2 bridgehead atoms. The van der Waals surface area contributed by atoms with Gasteiger partial charge in [0, 0.05) is 0 Å². The second-order valence-electron chi connectivity index (χ2n) is 7.61. The van der Waals surface area contributed by atoms with Crippen molar-refractivity contribution in [3.05, 3.63) is 0 Å². The molecular formula is C16H24F4O2. The van der Waals surface area contributed by atoms with Crippen LogP contribution in [-0.4, -0.2) is 34.8 Å². The van der Waals surface area contributed by atoms with E-state index in [1.807, 2.05) is 0 Å². The minimum absolute atomic E-state index is 0.122. The van der Waals surface area contributed by atoms with Gasteiger partial charge >= 0.3 is 11.8 Å². The van der Waals surface area contributed by atoms with E-state index in [0.29, 0.717) is 5.92 Å². The Hall–Kier alpha value is -0.360. The number of hydrogen-bond acceptors (Lipinski definition) is 2. The third-order valence-electron chi connectivity index (χ3n) is 6.17. The number of fused-ring (bicyclic) bond motifs is 3. The van der Waals surface area contributed by atoms with Crippen LogP contribution in [0.1, 0.15) is 58.3 Å². The zero-order chi connectivity index (χ0) is 16.2. The third kappa shape index (κ3) is 2.13. The Balaban J connectivity index is 1.72. The zero-order valence-electron chi connectivity index (χ0n) is 12.9. The summed E-state index contributed by atoms with van der Waals surface area (Å²) in [7, 11) is 0. The van der Waals surface area contributed by atoms with E-state index in [4.69, 9.17) is 4.74 Å². The number of halogens is 4. The van der Waals surface area contributed by atoms with Crippen molar-refractivity contribution in [2.24, 2.45) is 11.8 Å². The van der Waals surface area contributed by atoms with Gasteiger partial charge in [0.05, 0.1) is 6.61 Å². The molecule has 0 heterocycles. The predicted molar refractivity (Wildman–Crippen MR) is 73.1 cm³/mol. The quantitative estimate of drug-likeness (QED) is 0.790. The van der Waals surface area contributed by atoms with Crippen molar-refractivity contribution in [3.63, 3.8) is 0 Å². The maximum absolute atomic E-state index is 14.4. The lowest BCUT2D eigenvalue weighted by molar-refractivity contribution is -0.403. The van der Waals surface area contributed by atoms with E-state index >= 15 is 0 Å². The molecule has 4 aliphatic rings. The fraction of sp³-hybridized carbons (Fsp3) is 1.00. The summed E-state index contributed by atoms with van der Waals surface area (Å²) in [5.74, 6) is -7.91. The summed E-state index contributed by atoms with van der Waals surface area (Å²) < 4.78 is 62.3. The molecular weight excluding hydrogens is 300 g/mol. The highest BCUT2D eigenvalue weighted by molar-refractivity contribution is 5.20. The number of alkyl halides is 4. The lowest BCUT2D eigenvalue weighted by Crippen LogP contribution is -2.76. The van der Waals surface area contributed by atoms with Crippen LogP contribution in [0, 0.1) is 11.8 Å². The van der Waals surface area contributed by atoms with E-state index in [0.717, 1.165) is 25.7 Å². The van der Waals surface area contributed by atoms with Crippen LogP contribution in [0.3, 0.4) is 0 Å². The van der Waals surface area contributed by atoms with Crippen LogP contribution >= 0.6 is 0 Å². The van der Waals surface area contributed by atoms with E-state index in [2.05, 4.69) is 6.92 Å². The van der Waals surface area contributed by atoms with Crippen LogP contribution < -0.4 is 0 Å². The van der Waals surface area contributed by atoms with Gasteiger partial charge in [-0.05, 0) is 50.4 Å². The van der Waals surface area contributed by atoms with Gasteiger partial charge in [0.15, 0.2) is 0 Å². The molecule has 6 heteroatoms. The molecule has 0 atom stereocenters. The van der Waals surface area contributed by atoms with E-state index in [1.54, 1.807) is 0 Å². The normalized spacial score (nSPS) is 46.6. The van der Waals surface area contributed by atoms with Crippen molar-refractivity contribution < 1.29 is 27.4 Å². The second-order valence-corrected chi connectivity index (χ2v) is 7.61. The van der Waals surface area contributed by atoms with Crippen molar-refractivity contribution in [1.82, 2.24) is 0 Å². The highest BCUT2D eigenvalue weighted by Gasteiger charge is 2.82. The first-order chi connectivity index (χ1) is 10.1. The molecule has 4 aliphatic carbocycles. The van der Waals surface area contributed by atoms with Crippen LogP contribution in [0.15, 0.2) is 0 Å². The van der Waals surface area contributed by atoms with Gasteiger partial charge in [-0.1, -0.05) is 19.8 Å². The molecule has 0 radical (unpaired) electrons. The Bertz CT molecular complexity index is 422. The highest BCUT2D eigenvalue weighted by Crippen LogP contribution is 2.64. The van der Waals surface area contributed by atoms with Crippen LogP contribution in [0.5, 0.6) is 0 Å². The van der Waals surface area contributed by atoms with Crippen molar-refractivity contribution in [2.45, 2.75) is 81.3 Å². The van der Waals surface area contributed by atoms with Crippen LogP contribution in [0.25, 0.3) is 0 Å². The molecule has 0 aliphatic heterocycles. The topological polar surface area (TPSA) is 29.5 Å². The second kappa shape index (κ2) is 5.07. The van der Waals surface area contributed by atoms with Crippen LogP contribution in [0.2, 0.25) is 0 Å². The van der Waals surface area contributed by atoms with Gasteiger partial charge in [0.2, 0.25) is 0 Å². The van der Waals surface area contributed by atoms with E-state index in [9.17, 15) is 22.7 Å². The molecule has 4 saturated carbocycles. The van der Waals surface area contributed by atoms with Gasteiger partial charge in [-0.25, -0.2) is 0 Å². The molecule has 0 saturated heterocycles.